The summed E-state index contributed by atoms with van der Waals surface area (Å²) in [5.74, 6) is 0.554. The van der Waals surface area contributed by atoms with Gasteiger partial charge in [-0.15, -0.1) is 0 Å². The Labute approximate surface area is 155 Å². The van der Waals surface area contributed by atoms with E-state index in [0.29, 0.717) is 27.7 Å². The molecule has 0 N–H and O–H groups in total. The molecule has 2 aromatic carbocycles. The van der Waals surface area contributed by atoms with Gasteiger partial charge < -0.3 is 13.9 Å². The van der Waals surface area contributed by atoms with Crippen molar-refractivity contribution in [2.45, 2.75) is 6.61 Å². The SMILES string of the molecule is COC(=O)c1ccc(COc2ccc(C(=O)c3ccc(Cl)cc3)cc2)o1. The summed E-state index contributed by atoms with van der Waals surface area (Å²) in [7, 11) is 1.29. The van der Waals surface area contributed by atoms with E-state index in [1.54, 1.807) is 54.6 Å². The number of carbonyl (C=O) groups excluding carboxylic acids is 2. The van der Waals surface area contributed by atoms with Crippen molar-refractivity contribution in [2.75, 3.05) is 7.11 Å². The molecular formula is C20H15ClO5. The number of rotatable bonds is 6. The fourth-order valence-corrected chi connectivity index (χ4v) is 2.42. The Balaban J connectivity index is 1.62. The van der Waals surface area contributed by atoms with Crippen molar-refractivity contribution >= 4 is 23.4 Å². The lowest BCUT2D eigenvalue weighted by Gasteiger charge is -2.06. The Morgan fingerprint density at radius 1 is 0.923 bits per heavy atom. The fourth-order valence-electron chi connectivity index (χ4n) is 2.29. The summed E-state index contributed by atoms with van der Waals surface area (Å²) in [6.45, 7) is 0.154. The van der Waals surface area contributed by atoms with Crippen molar-refractivity contribution in [2.24, 2.45) is 0 Å². The minimum absolute atomic E-state index is 0.0954. The monoisotopic (exact) mass is 370 g/mol. The molecule has 0 saturated heterocycles. The lowest BCUT2D eigenvalue weighted by atomic mass is 10.0. The molecule has 1 aromatic heterocycles. The van der Waals surface area contributed by atoms with Gasteiger partial charge in [-0.1, -0.05) is 11.6 Å². The number of ether oxygens (including phenoxy) is 2. The standard InChI is InChI=1S/C20H15ClO5/c1-24-20(23)18-11-10-17(26-18)12-25-16-8-4-14(5-9-16)19(22)13-2-6-15(21)7-3-13/h2-11H,12H2,1H3. The highest BCUT2D eigenvalue weighted by Crippen LogP contribution is 2.19. The van der Waals surface area contributed by atoms with Crippen LogP contribution in [0.25, 0.3) is 0 Å². The maximum atomic E-state index is 12.4. The van der Waals surface area contributed by atoms with Crippen molar-refractivity contribution in [1.29, 1.82) is 0 Å². The molecule has 0 bridgehead atoms. The average molecular weight is 371 g/mol. The van der Waals surface area contributed by atoms with Crippen LogP contribution in [0.1, 0.15) is 32.2 Å². The maximum Gasteiger partial charge on any atom is 0.373 e. The van der Waals surface area contributed by atoms with Crippen LogP contribution in [-0.4, -0.2) is 18.9 Å². The van der Waals surface area contributed by atoms with Gasteiger partial charge in [0.15, 0.2) is 5.78 Å². The predicted molar refractivity (Wildman–Crippen MR) is 95.7 cm³/mol. The third-order valence-corrected chi connectivity index (χ3v) is 3.90. The van der Waals surface area contributed by atoms with Gasteiger partial charge in [0, 0.05) is 16.1 Å². The molecule has 0 amide bonds. The summed E-state index contributed by atoms with van der Waals surface area (Å²) >= 11 is 5.83. The van der Waals surface area contributed by atoms with Crippen LogP contribution in [-0.2, 0) is 11.3 Å². The number of ketones is 1. The van der Waals surface area contributed by atoms with E-state index in [-0.39, 0.29) is 18.2 Å². The molecule has 0 aliphatic rings. The topological polar surface area (TPSA) is 65.7 Å². The molecule has 132 valence electrons. The van der Waals surface area contributed by atoms with Gasteiger partial charge in [0.1, 0.15) is 18.1 Å². The van der Waals surface area contributed by atoms with Crippen LogP contribution in [0.4, 0.5) is 0 Å². The van der Waals surface area contributed by atoms with Crippen molar-refractivity contribution < 1.29 is 23.5 Å². The van der Waals surface area contributed by atoms with Crippen LogP contribution in [0.15, 0.2) is 65.1 Å². The van der Waals surface area contributed by atoms with Crippen LogP contribution in [0.2, 0.25) is 5.02 Å². The molecule has 5 nitrogen and oxygen atoms in total. The number of hydrogen-bond acceptors (Lipinski definition) is 5. The number of esters is 1. The van der Waals surface area contributed by atoms with Gasteiger partial charge in [-0.25, -0.2) is 4.79 Å². The van der Waals surface area contributed by atoms with E-state index in [2.05, 4.69) is 4.74 Å². The molecule has 0 unspecified atom stereocenters. The van der Waals surface area contributed by atoms with E-state index in [1.807, 2.05) is 0 Å². The highest BCUT2D eigenvalue weighted by Gasteiger charge is 2.12. The molecule has 0 atom stereocenters. The second-order valence-electron chi connectivity index (χ2n) is 5.41. The quantitative estimate of drug-likeness (QED) is 0.471. The maximum absolute atomic E-state index is 12.4. The van der Waals surface area contributed by atoms with Gasteiger partial charge in [-0.2, -0.15) is 0 Å². The summed E-state index contributed by atoms with van der Waals surface area (Å²) in [5, 5.41) is 0.582. The van der Waals surface area contributed by atoms with Crippen molar-refractivity contribution in [3.63, 3.8) is 0 Å². The van der Waals surface area contributed by atoms with Gasteiger partial charge in [0.2, 0.25) is 5.76 Å². The molecule has 3 aromatic rings. The van der Waals surface area contributed by atoms with Gasteiger partial charge in [0.25, 0.3) is 0 Å². The van der Waals surface area contributed by atoms with Crippen molar-refractivity contribution in [3.05, 3.63) is 88.3 Å². The molecule has 0 aliphatic carbocycles. The first-order chi connectivity index (χ1) is 12.6. The highest BCUT2D eigenvalue weighted by molar-refractivity contribution is 6.30. The minimum atomic E-state index is -0.540. The minimum Gasteiger partial charge on any atom is -0.486 e. The Kier molecular flexibility index (Phi) is 5.39. The van der Waals surface area contributed by atoms with E-state index >= 15 is 0 Å². The van der Waals surface area contributed by atoms with Crippen molar-refractivity contribution in [3.8, 4) is 5.75 Å². The molecule has 0 spiro atoms. The van der Waals surface area contributed by atoms with E-state index < -0.39 is 5.97 Å². The Morgan fingerprint density at radius 2 is 1.54 bits per heavy atom. The molecule has 0 aliphatic heterocycles. The number of methoxy groups -OCH3 is 1. The molecule has 6 heteroatoms. The van der Waals surface area contributed by atoms with Gasteiger partial charge in [-0.3, -0.25) is 4.79 Å². The molecule has 0 saturated carbocycles. The zero-order valence-electron chi connectivity index (χ0n) is 13.9. The van der Waals surface area contributed by atoms with Crippen LogP contribution in [0.5, 0.6) is 5.75 Å². The normalized spacial score (nSPS) is 10.4. The van der Waals surface area contributed by atoms with Crippen LogP contribution in [0.3, 0.4) is 0 Å². The Bertz CT molecular complexity index is 910. The number of halogens is 1. The first kappa shape index (κ1) is 17.8. The molecule has 0 radical (unpaired) electrons. The van der Waals surface area contributed by atoms with Crippen molar-refractivity contribution in [1.82, 2.24) is 0 Å². The average Bonchev–Trinajstić information content (AvgIpc) is 3.15. The van der Waals surface area contributed by atoms with E-state index in [9.17, 15) is 9.59 Å². The lowest BCUT2D eigenvalue weighted by Crippen LogP contribution is -2.01. The smallest absolute Gasteiger partial charge is 0.373 e. The highest BCUT2D eigenvalue weighted by atomic mass is 35.5. The van der Waals surface area contributed by atoms with E-state index in [1.165, 1.54) is 13.2 Å². The summed E-state index contributed by atoms with van der Waals surface area (Å²) in [6, 6.07) is 16.7. The summed E-state index contributed by atoms with van der Waals surface area (Å²) in [6.07, 6.45) is 0. The van der Waals surface area contributed by atoms with E-state index in [0.717, 1.165) is 0 Å². The molecule has 3 rings (SSSR count). The first-order valence-corrected chi connectivity index (χ1v) is 8.15. The first-order valence-electron chi connectivity index (χ1n) is 7.77. The van der Waals surface area contributed by atoms with Crippen LogP contribution >= 0.6 is 11.6 Å². The zero-order chi connectivity index (χ0) is 18.5. The number of carbonyl (C=O) groups is 2. The number of hydrogen-bond donors (Lipinski definition) is 0. The van der Waals surface area contributed by atoms with Gasteiger partial charge in [0.05, 0.1) is 7.11 Å². The zero-order valence-corrected chi connectivity index (χ0v) is 14.7. The largest absolute Gasteiger partial charge is 0.486 e. The Morgan fingerprint density at radius 3 is 2.15 bits per heavy atom. The Hall–Kier alpha value is -3.05. The fraction of sp³-hybridized carbons (Fsp3) is 0.100. The summed E-state index contributed by atoms with van der Waals surface area (Å²) < 4.78 is 15.5. The van der Waals surface area contributed by atoms with E-state index in [4.69, 9.17) is 20.8 Å². The molecule has 26 heavy (non-hydrogen) atoms. The molecular weight excluding hydrogens is 356 g/mol. The second-order valence-corrected chi connectivity index (χ2v) is 5.84. The molecule has 1 heterocycles. The van der Waals surface area contributed by atoms with Crippen LogP contribution < -0.4 is 4.74 Å². The number of furan rings is 1. The number of benzene rings is 2. The third-order valence-electron chi connectivity index (χ3n) is 3.65. The van der Waals surface area contributed by atoms with Gasteiger partial charge in [-0.05, 0) is 60.7 Å². The molecule has 0 fully saturated rings. The summed E-state index contributed by atoms with van der Waals surface area (Å²) in [5.41, 5.74) is 1.11. The summed E-state index contributed by atoms with van der Waals surface area (Å²) in [4.78, 5) is 23.7. The second kappa shape index (κ2) is 7.89. The predicted octanol–water partition coefficient (Wildman–Crippen LogP) is 4.53. The van der Waals surface area contributed by atoms with Gasteiger partial charge >= 0.3 is 5.97 Å². The lowest BCUT2D eigenvalue weighted by molar-refractivity contribution is 0.0561. The van der Waals surface area contributed by atoms with Crippen LogP contribution in [0, 0.1) is 0 Å². The third kappa shape index (κ3) is 4.13.